The van der Waals surface area contributed by atoms with Crippen LogP contribution in [0.15, 0.2) is 24.3 Å². The van der Waals surface area contributed by atoms with Gasteiger partial charge in [0.1, 0.15) is 11.1 Å². The van der Waals surface area contributed by atoms with Gasteiger partial charge in [0.2, 0.25) is 5.91 Å². The first-order valence-corrected chi connectivity index (χ1v) is 10.8. The van der Waals surface area contributed by atoms with Crippen molar-refractivity contribution < 1.29 is 14.3 Å². The normalized spacial score (nSPS) is 16.1. The summed E-state index contributed by atoms with van der Waals surface area (Å²) in [6, 6.07) is 7.76. The average molecular weight is 425 g/mol. The lowest BCUT2D eigenvalue weighted by molar-refractivity contribution is -0.111. The number of carbonyl (C=O) groups excluding carboxylic acids is 1. The zero-order valence-corrected chi connectivity index (χ0v) is 19.0. The highest BCUT2D eigenvalue weighted by Crippen LogP contribution is 2.44. The molecule has 1 amide bonds. The SMILES string of the molecule is COc1ccc(/C=C/C(=O)Nc2sc3c(c2C#N)CCC(C(C)(C)C)C3)cc1OC. The Kier molecular flexibility index (Phi) is 6.52. The summed E-state index contributed by atoms with van der Waals surface area (Å²) >= 11 is 1.54. The first-order valence-electron chi connectivity index (χ1n) is 10.0. The number of fused-ring (bicyclic) bond motifs is 1. The summed E-state index contributed by atoms with van der Waals surface area (Å²) in [4.78, 5) is 13.7. The molecule has 0 radical (unpaired) electrons. The first-order chi connectivity index (χ1) is 14.3. The number of nitrogens with one attached hydrogen (secondary N) is 1. The predicted molar refractivity (Wildman–Crippen MR) is 121 cm³/mol. The largest absolute Gasteiger partial charge is 0.493 e. The van der Waals surface area contributed by atoms with Gasteiger partial charge in [-0.25, -0.2) is 0 Å². The van der Waals surface area contributed by atoms with Gasteiger partial charge in [0.15, 0.2) is 11.5 Å². The van der Waals surface area contributed by atoms with Gasteiger partial charge in [-0.2, -0.15) is 5.26 Å². The Bertz CT molecular complexity index is 1010. The molecular weight excluding hydrogens is 396 g/mol. The molecule has 0 saturated carbocycles. The van der Waals surface area contributed by atoms with Gasteiger partial charge in [0, 0.05) is 11.0 Å². The number of methoxy groups -OCH3 is 2. The third-order valence-electron chi connectivity index (χ3n) is 5.67. The maximum atomic E-state index is 12.5. The number of benzene rings is 1. The molecule has 1 aromatic heterocycles. The Hall–Kier alpha value is -2.78. The van der Waals surface area contributed by atoms with Gasteiger partial charge in [-0.3, -0.25) is 4.79 Å². The van der Waals surface area contributed by atoms with Gasteiger partial charge in [-0.1, -0.05) is 26.8 Å². The Balaban J connectivity index is 1.75. The van der Waals surface area contributed by atoms with Crippen LogP contribution in [0.3, 0.4) is 0 Å². The van der Waals surface area contributed by atoms with Crippen LogP contribution >= 0.6 is 11.3 Å². The van der Waals surface area contributed by atoms with Crippen LogP contribution in [0.4, 0.5) is 5.00 Å². The molecule has 30 heavy (non-hydrogen) atoms. The van der Waals surface area contributed by atoms with Crippen LogP contribution < -0.4 is 14.8 Å². The molecule has 6 heteroatoms. The predicted octanol–water partition coefficient (Wildman–Crippen LogP) is 5.44. The second kappa shape index (κ2) is 8.93. The summed E-state index contributed by atoms with van der Waals surface area (Å²) in [5.74, 6) is 1.57. The summed E-state index contributed by atoms with van der Waals surface area (Å²) < 4.78 is 10.5. The Morgan fingerprint density at radius 2 is 2.00 bits per heavy atom. The van der Waals surface area contributed by atoms with Crippen LogP contribution in [0.1, 0.15) is 48.8 Å². The van der Waals surface area contributed by atoms with E-state index in [0.29, 0.717) is 28.0 Å². The van der Waals surface area contributed by atoms with Crippen molar-refractivity contribution in [1.82, 2.24) is 0 Å². The molecule has 1 unspecified atom stereocenters. The van der Waals surface area contributed by atoms with E-state index in [1.807, 2.05) is 6.07 Å². The van der Waals surface area contributed by atoms with Crippen molar-refractivity contribution in [3.05, 3.63) is 45.8 Å². The molecule has 0 saturated heterocycles. The lowest BCUT2D eigenvalue weighted by atomic mass is 9.72. The number of hydrogen-bond donors (Lipinski definition) is 1. The van der Waals surface area contributed by atoms with Crippen molar-refractivity contribution in [1.29, 1.82) is 5.26 Å². The van der Waals surface area contributed by atoms with E-state index < -0.39 is 0 Å². The van der Waals surface area contributed by atoms with E-state index in [0.717, 1.165) is 30.4 Å². The van der Waals surface area contributed by atoms with Crippen LogP contribution in [-0.2, 0) is 17.6 Å². The van der Waals surface area contributed by atoms with Crippen LogP contribution in [-0.4, -0.2) is 20.1 Å². The van der Waals surface area contributed by atoms with E-state index in [-0.39, 0.29) is 11.3 Å². The highest BCUT2D eigenvalue weighted by Gasteiger charge is 2.32. The van der Waals surface area contributed by atoms with Crippen LogP contribution in [0.25, 0.3) is 6.08 Å². The molecule has 0 aliphatic heterocycles. The van der Waals surface area contributed by atoms with Crippen LogP contribution in [0, 0.1) is 22.7 Å². The number of hydrogen-bond acceptors (Lipinski definition) is 5. The molecule has 2 aromatic rings. The summed E-state index contributed by atoms with van der Waals surface area (Å²) in [7, 11) is 3.15. The number of rotatable bonds is 5. The van der Waals surface area contributed by atoms with Crippen LogP contribution in [0.2, 0.25) is 0 Å². The van der Waals surface area contributed by atoms with Crippen molar-refractivity contribution in [2.45, 2.75) is 40.0 Å². The van der Waals surface area contributed by atoms with E-state index >= 15 is 0 Å². The molecule has 0 spiro atoms. The van der Waals surface area contributed by atoms with Gasteiger partial charge < -0.3 is 14.8 Å². The molecule has 0 fully saturated rings. The molecule has 1 atom stereocenters. The molecule has 1 N–H and O–H groups in total. The summed E-state index contributed by atoms with van der Waals surface area (Å²) in [5, 5.41) is 13.2. The van der Waals surface area contributed by atoms with Crippen molar-refractivity contribution in [2.75, 3.05) is 19.5 Å². The topological polar surface area (TPSA) is 71.3 Å². The minimum atomic E-state index is -0.257. The highest BCUT2D eigenvalue weighted by atomic mass is 32.1. The maximum absolute atomic E-state index is 12.5. The molecule has 3 rings (SSSR count). The number of thiophene rings is 1. The van der Waals surface area contributed by atoms with Crippen molar-refractivity contribution >= 4 is 28.3 Å². The van der Waals surface area contributed by atoms with E-state index in [1.165, 1.54) is 11.0 Å². The minimum absolute atomic E-state index is 0.236. The van der Waals surface area contributed by atoms with Gasteiger partial charge in [-0.15, -0.1) is 11.3 Å². The fourth-order valence-corrected chi connectivity index (χ4v) is 5.09. The number of amides is 1. The van der Waals surface area contributed by atoms with E-state index in [9.17, 15) is 10.1 Å². The minimum Gasteiger partial charge on any atom is -0.493 e. The molecule has 1 heterocycles. The number of nitrogens with zero attached hydrogens (tertiary/aromatic N) is 1. The molecule has 1 aliphatic carbocycles. The van der Waals surface area contributed by atoms with Gasteiger partial charge in [0.25, 0.3) is 0 Å². The quantitative estimate of drug-likeness (QED) is 0.649. The third-order valence-corrected chi connectivity index (χ3v) is 6.84. The lowest BCUT2D eigenvalue weighted by Crippen LogP contribution is -2.26. The van der Waals surface area contributed by atoms with Crippen LogP contribution in [0.5, 0.6) is 11.5 Å². The van der Waals surface area contributed by atoms with E-state index in [4.69, 9.17) is 9.47 Å². The lowest BCUT2D eigenvalue weighted by Gasteiger charge is -2.33. The Morgan fingerprint density at radius 3 is 2.63 bits per heavy atom. The van der Waals surface area contributed by atoms with E-state index in [1.54, 1.807) is 43.8 Å². The fraction of sp³-hybridized carbons (Fsp3) is 0.417. The number of nitriles is 1. The smallest absolute Gasteiger partial charge is 0.249 e. The first kappa shape index (κ1) is 21.9. The second-order valence-electron chi connectivity index (χ2n) is 8.56. The zero-order chi connectivity index (χ0) is 21.9. The fourth-order valence-electron chi connectivity index (χ4n) is 3.81. The molecule has 1 aromatic carbocycles. The van der Waals surface area contributed by atoms with Crippen molar-refractivity contribution in [3.63, 3.8) is 0 Å². The summed E-state index contributed by atoms with van der Waals surface area (Å²) in [6.45, 7) is 6.80. The Morgan fingerprint density at radius 1 is 1.27 bits per heavy atom. The summed E-state index contributed by atoms with van der Waals surface area (Å²) in [6.07, 6.45) is 6.13. The zero-order valence-electron chi connectivity index (χ0n) is 18.2. The molecule has 158 valence electrons. The molecule has 5 nitrogen and oxygen atoms in total. The maximum Gasteiger partial charge on any atom is 0.249 e. The number of anilines is 1. The third kappa shape index (κ3) is 4.68. The van der Waals surface area contributed by atoms with Crippen molar-refractivity contribution in [2.24, 2.45) is 11.3 Å². The monoisotopic (exact) mass is 424 g/mol. The average Bonchev–Trinajstić information content (AvgIpc) is 3.07. The number of ether oxygens (including phenoxy) is 2. The molecule has 1 aliphatic rings. The molecule has 0 bridgehead atoms. The molecular formula is C24H28N2O3S. The van der Waals surface area contributed by atoms with E-state index in [2.05, 4.69) is 32.2 Å². The standard InChI is InChI=1S/C24H28N2O3S/c1-24(2,3)16-8-9-17-18(14-25)23(30-21(17)13-16)26-22(27)11-7-15-6-10-19(28-4)20(12-15)29-5/h6-7,10-12,16H,8-9,13H2,1-5H3,(H,26,27)/b11-7+. The number of carbonyl (C=O) groups is 1. The van der Waals surface area contributed by atoms with Gasteiger partial charge in [0.05, 0.1) is 19.8 Å². The summed E-state index contributed by atoms with van der Waals surface area (Å²) in [5.41, 5.74) is 2.79. The van der Waals surface area contributed by atoms with Gasteiger partial charge in [-0.05, 0) is 59.9 Å². The highest BCUT2D eigenvalue weighted by molar-refractivity contribution is 7.16. The van der Waals surface area contributed by atoms with Gasteiger partial charge >= 0.3 is 0 Å². The Labute approximate surface area is 182 Å². The second-order valence-corrected chi connectivity index (χ2v) is 9.67. The van der Waals surface area contributed by atoms with Crippen molar-refractivity contribution in [3.8, 4) is 17.6 Å².